The predicted octanol–water partition coefficient (Wildman–Crippen LogP) is 4.81. The maximum Gasteiger partial charge on any atom is 0.271 e. The van der Waals surface area contributed by atoms with Crippen molar-refractivity contribution in [2.45, 2.75) is 25.2 Å². The molecule has 0 N–H and O–H groups in total. The number of benzene rings is 2. The number of hydrogen-bond donors (Lipinski definition) is 0. The molecule has 1 aliphatic rings. The summed E-state index contributed by atoms with van der Waals surface area (Å²) in [7, 11) is 0. The standard InChI is InChI=1S/C25H24ClFN4O3/c26-18-2-5-20(6-3-18)31-24(32)9-8-23(28-31)33-15-1-12-30-13-10-17(11-14-30)25-21-7-4-19(27)16-22(21)34-29-25/h2-9,16-17H,1,10-15H2. The molecule has 1 aliphatic heterocycles. The van der Waals surface area contributed by atoms with Crippen molar-refractivity contribution in [2.75, 3.05) is 26.2 Å². The van der Waals surface area contributed by atoms with Crippen LogP contribution < -0.4 is 10.3 Å². The zero-order chi connectivity index (χ0) is 23.5. The molecule has 3 heterocycles. The Morgan fingerprint density at radius 2 is 1.88 bits per heavy atom. The van der Waals surface area contributed by atoms with Crippen LogP contribution in [0.1, 0.15) is 30.9 Å². The Labute approximate surface area is 200 Å². The van der Waals surface area contributed by atoms with Gasteiger partial charge in [-0.2, -0.15) is 4.68 Å². The van der Waals surface area contributed by atoms with E-state index < -0.39 is 0 Å². The second kappa shape index (κ2) is 9.95. The molecule has 1 saturated heterocycles. The summed E-state index contributed by atoms with van der Waals surface area (Å²) in [5.41, 5.74) is 1.83. The Hall–Kier alpha value is -3.23. The summed E-state index contributed by atoms with van der Waals surface area (Å²) in [6.45, 7) is 3.33. The normalized spacial score (nSPS) is 15.1. The molecular weight excluding hydrogens is 459 g/mol. The summed E-state index contributed by atoms with van der Waals surface area (Å²) >= 11 is 5.92. The molecule has 0 atom stereocenters. The Balaban J connectivity index is 1.10. The molecular formula is C25H24ClFN4O3. The lowest BCUT2D eigenvalue weighted by Gasteiger charge is -2.31. The summed E-state index contributed by atoms with van der Waals surface area (Å²) in [6.07, 6.45) is 2.81. The highest BCUT2D eigenvalue weighted by molar-refractivity contribution is 6.30. The first-order chi connectivity index (χ1) is 16.6. The molecule has 0 bridgehead atoms. The van der Waals surface area contributed by atoms with Crippen LogP contribution in [0.25, 0.3) is 16.7 Å². The fourth-order valence-corrected chi connectivity index (χ4v) is 4.48. The van der Waals surface area contributed by atoms with Crippen LogP contribution in [-0.2, 0) is 0 Å². The van der Waals surface area contributed by atoms with E-state index >= 15 is 0 Å². The fraction of sp³-hybridized carbons (Fsp3) is 0.320. The van der Waals surface area contributed by atoms with Gasteiger partial charge in [-0.15, -0.1) is 5.10 Å². The lowest BCUT2D eigenvalue weighted by Crippen LogP contribution is -2.34. The Bertz CT molecular complexity index is 1330. The minimum absolute atomic E-state index is 0.234. The lowest BCUT2D eigenvalue weighted by molar-refractivity contribution is 0.189. The average Bonchev–Trinajstić information content (AvgIpc) is 3.27. The maximum absolute atomic E-state index is 13.4. The highest BCUT2D eigenvalue weighted by Crippen LogP contribution is 2.32. The molecule has 0 radical (unpaired) electrons. The van der Waals surface area contributed by atoms with Crippen LogP contribution in [0.4, 0.5) is 4.39 Å². The topological polar surface area (TPSA) is 73.4 Å². The highest BCUT2D eigenvalue weighted by atomic mass is 35.5. The van der Waals surface area contributed by atoms with E-state index in [1.165, 1.54) is 22.9 Å². The molecule has 0 spiro atoms. The number of ether oxygens (including phenoxy) is 1. The van der Waals surface area contributed by atoms with Gasteiger partial charge in [-0.05, 0) is 68.8 Å². The van der Waals surface area contributed by atoms with Gasteiger partial charge in [0, 0.05) is 41.1 Å². The zero-order valence-electron chi connectivity index (χ0n) is 18.5. The van der Waals surface area contributed by atoms with Crippen molar-refractivity contribution in [3.63, 3.8) is 0 Å². The molecule has 9 heteroatoms. The fourth-order valence-electron chi connectivity index (χ4n) is 4.36. The number of likely N-dealkylation sites (tertiary alicyclic amines) is 1. The van der Waals surface area contributed by atoms with Crippen LogP contribution in [0.5, 0.6) is 5.88 Å². The van der Waals surface area contributed by atoms with Gasteiger partial charge in [0.25, 0.3) is 5.56 Å². The van der Waals surface area contributed by atoms with Crippen molar-refractivity contribution in [3.8, 4) is 11.6 Å². The smallest absolute Gasteiger partial charge is 0.271 e. The maximum atomic E-state index is 13.4. The number of aromatic nitrogens is 3. The number of nitrogens with zero attached hydrogens (tertiary/aromatic N) is 4. The van der Waals surface area contributed by atoms with Gasteiger partial charge in [0.15, 0.2) is 5.58 Å². The molecule has 0 unspecified atom stereocenters. The summed E-state index contributed by atoms with van der Waals surface area (Å²) in [5.74, 6) is 0.408. The second-order valence-electron chi connectivity index (χ2n) is 8.42. The van der Waals surface area contributed by atoms with Gasteiger partial charge in [0.1, 0.15) is 5.82 Å². The number of halogens is 2. The molecule has 2 aromatic carbocycles. The van der Waals surface area contributed by atoms with Crippen molar-refractivity contribution in [1.82, 2.24) is 19.8 Å². The van der Waals surface area contributed by atoms with Gasteiger partial charge in [0.2, 0.25) is 5.88 Å². The van der Waals surface area contributed by atoms with Gasteiger partial charge in [-0.3, -0.25) is 4.79 Å². The average molecular weight is 483 g/mol. The summed E-state index contributed by atoms with van der Waals surface area (Å²) in [5, 5.41) is 10.0. The minimum atomic E-state index is -0.314. The first kappa shape index (κ1) is 22.6. The van der Waals surface area contributed by atoms with E-state index in [-0.39, 0.29) is 11.4 Å². The van der Waals surface area contributed by atoms with Gasteiger partial charge in [0.05, 0.1) is 18.0 Å². The van der Waals surface area contributed by atoms with Crippen LogP contribution in [0.15, 0.2) is 63.9 Å². The first-order valence-corrected chi connectivity index (χ1v) is 11.7. The molecule has 34 heavy (non-hydrogen) atoms. The van der Waals surface area contributed by atoms with E-state index in [1.807, 2.05) is 0 Å². The molecule has 0 aliphatic carbocycles. The SMILES string of the molecule is O=c1ccc(OCCCN2CCC(c3noc4cc(F)ccc34)CC2)nn1-c1ccc(Cl)cc1. The van der Waals surface area contributed by atoms with E-state index in [0.717, 1.165) is 50.0 Å². The Morgan fingerprint density at radius 1 is 1.09 bits per heavy atom. The molecule has 0 saturated carbocycles. The molecule has 2 aromatic heterocycles. The van der Waals surface area contributed by atoms with Crippen LogP contribution in [0.3, 0.4) is 0 Å². The molecule has 0 amide bonds. The van der Waals surface area contributed by atoms with E-state index in [4.69, 9.17) is 20.9 Å². The Morgan fingerprint density at radius 3 is 2.68 bits per heavy atom. The quantitative estimate of drug-likeness (QED) is 0.352. The molecule has 1 fully saturated rings. The molecule has 176 valence electrons. The van der Waals surface area contributed by atoms with Crippen molar-refractivity contribution < 1.29 is 13.7 Å². The van der Waals surface area contributed by atoms with Crippen molar-refractivity contribution in [1.29, 1.82) is 0 Å². The van der Waals surface area contributed by atoms with Gasteiger partial charge < -0.3 is 14.2 Å². The van der Waals surface area contributed by atoms with Crippen molar-refractivity contribution in [3.05, 3.63) is 81.5 Å². The largest absolute Gasteiger partial charge is 0.477 e. The molecule has 7 nitrogen and oxygen atoms in total. The Kier molecular flexibility index (Phi) is 6.60. The third-order valence-electron chi connectivity index (χ3n) is 6.15. The number of piperidine rings is 1. The minimum Gasteiger partial charge on any atom is -0.477 e. The summed E-state index contributed by atoms with van der Waals surface area (Å²) in [6, 6.07) is 14.5. The van der Waals surface area contributed by atoms with Crippen LogP contribution in [0.2, 0.25) is 5.02 Å². The van der Waals surface area contributed by atoms with Crippen LogP contribution in [0, 0.1) is 5.82 Å². The van der Waals surface area contributed by atoms with Crippen molar-refractivity contribution >= 4 is 22.6 Å². The number of hydrogen-bond acceptors (Lipinski definition) is 6. The van der Waals surface area contributed by atoms with Crippen LogP contribution in [-0.4, -0.2) is 46.1 Å². The molecule has 5 rings (SSSR count). The van der Waals surface area contributed by atoms with E-state index in [0.29, 0.717) is 34.7 Å². The van der Waals surface area contributed by atoms with E-state index in [9.17, 15) is 9.18 Å². The predicted molar refractivity (Wildman–Crippen MR) is 127 cm³/mol. The monoisotopic (exact) mass is 482 g/mol. The van der Waals surface area contributed by atoms with Gasteiger partial charge in [-0.1, -0.05) is 16.8 Å². The lowest BCUT2D eigenvalue weighted by atomic mass is 9.91. The van der Waals surface area contributed by atoms with Crippen molar-refractivity contribution in [2.24, 2.45) is 0 Å². The van der Waals surface area contributed by atoms with Gasteiger partial charge in [-0.25, -0.2) is 4.39 Å². The highest BCUT2D eigenvalue weighted by Gasteiger charge is 2.25. The van der Waals surface area contributed by atoms with E-state index in [2.05, 4.69) is 15.2 Å². The van der Waals surface area contributed by atoms with E-state index in [1.54, 1.807) is 36.4 Å². The van der Waals surface area contributed by atoms with Crippen LogP contribution >= 0.6 is 11.6 Å². The van der Waals surface area contributed by atoms with Gasteiger partial charge >= 0.3 is 0 Å². The third-order valence-corrected chi connectivity index (χ3v) is 6.40. The summed E-state index contributed by atoms with van der Waals surface area (Å²) < 4.78 is 25.8. The molecule has 4 aromatic rings. The first-order valence-electron chi connectivity index (χ1n) is 11.3. The number of rotatable bonds is 7. The third kappa shape index (κ3) is 4.98. The number of fused-ring (bicyclic) bond motifs is 1. The summed E-state index contributed by atoms with van der Waals surface area (Å²) in [4.78, 5) is 14.6. The zero-order valence-corrected chi connectivity index (χ0v) is 19.2. The second-order valence-corrected chi connectivity index (χ2v) is 8.86.